The van der Waals surface area contributed by atoms with E-state index in [1.54, 1.807) is 34.9 Å². The van der Waals surface area contributed by atoms with Gasteiger partial charge >= 0.3 is 5.97 Å². The van der Waals surface area contributed by atoms with Crippen molar-refractivity contribution < 1.29 is 19.4 Å². The molecule has 0 bridgehead atoms. The fourth-order valence-electron chi connectivity index (χ4n) is 3.66. The van der Waals surface area contributed by atoms with Gasteiger partial charge < -0.3 is 9.84 Å². The van der Waals surface area contributed by atoms with Crippen molar-refractivity contribution in [3.8, 4) is 0 Å². The van der Waals surface area contributed by atoms with Crippen LogP contribution in [0.4, 0.5) is 0 Å². The third-order valence-corrected chi connectivity index (χ3v) is 9.04. The molecule has 2 aromatic rings. The standard InChI is InChI=1S/C24H30O4S3/c1-28-23(27)16-29-13-4-14-30-24-17(8-12-21(24)26)7-9-19(25)10-11-20-15-18-5-2-3-6-22(18)31-20/h2-3,5-7,9,15,17,19,24-25H,4,8,10-14,16H2,1H3/b9-7+/t17-,19?,24+/m0/s1. The first-order chi connectivity index (χ1) is 15.1. The molecule has 31 heavy (non-hydrogen) atoms. The SMILES string of the molecule is COC(=O)CSCCCS[C@H]1C(=O)CC[C@@H]1/C=C/C(O)CCc1cc2ccccc2s1. The molecule has 3 rings (SSSR count). The normalized spacial score (nSPS) is 20.0. The van der Waals surface area contributed by atoms with Crippen LogP contribution in [0.3, 0.4) is 0 Å². The number of rotatable bonds is 12. The number of benzene rings is 1. The van der Waals surface area contributed by atoms with Gasteiger partial charge in [0.25, 0.3) is 0 Å². The van der Waals surface area contributed by atoms with E-state index in [0.717, 1.165) is 30.8 Å². The summed E-state index contributed by atoms with van der Waals surface area (Å²) < 4.78 is 5.92. The van der Waals surface area contributed by atoms with Crippen molar-refractivity contribution in [3.05, 3.63) is 47.4 Å². The number of thiophene rings is 1. The van der Waals surface area contributed by atoms with Crippen LogP contribution in [0.1, 0.15) is 30.6 Å². The Morgan fingerprint density at radius 1 is 1.35 bits per heavy atom. The largest absolute Gasteiger partial charge is 0.468 e. The average molecular weight is 479 g/mol. The number of aryl methyl sites for hydroxylation is 1. The zero-order chi connectivity index (χ0) is 22.1. The van der Waals surface area contributed by atoms with Crippen LogP contribution in [0, 0.1) is 5.92 Å². The lowest BCUT2D eigenvalue weighted by Crippen LogP contribution is -2.17. The van der Waals surface area contributed by atoms with Gasteiger partial charge in [0, 0.05) is 16.0 Å². The van der Waals surface area contributed by atoms with E-state index in [-0.39, 0.29) is 17.1 Å². The molecule has 4 nitrogen and oxygen atoms in total. The van der Waals surface area contributed by atoms with Crippen LogP contribution in [0.2, 0.25) is 0 Å². The molecular weight excluding hydrogens is 448 g/mol. The average Bonchev–Trinajstić information content (AvgIpc) is 3.35. The molecule has 1 aliphatic rings. The van der Waals surface area contributed by atoms with Gasteiger partial charge in [-0.25, -0.2) is 0 Å². The number of aliphatic hydroxyl groups excluding tert-OH is 1. The predicted molar refractivity (Wildman–Crippen MR) is 133 cm³/mol. The molecular formula is C24H30O4S3. The van der Waals surface area contributed by atoms with E-state index < -0.39 is 6.10 Å². The second-order valence-corrected chi connectivity index (χ2v) is 11.2. The summed E-state index contributed by atoms with van der Waals surface area (Å²) in [5, 5.41) is 11.7. The summed E-state index contributed by atoms with van der Waals surface area (Å²) in [6.45, 7) is 0. The Bertz CT molecular complexity index is 859. The number of carbonyl (C=O) groups excluding carboxylic acids is 2. The van der Waals surface area contributed by atoms with Crippen LogP contribution in [0.15, 0.2) is 42.5 Å². The highest BCUT2D eigenvalue weighted by Gasteiger charge is 2.33. The molecule has 7 heteroatoms. The fraction of sp³-hybridized carbons (Fsp3) is 0.500. The van der Waals surface area contributed by atoms with Crippen molar-refractivity contribution in [2.24, 2.45) is 5.92 Å². The van der Waals surface area contributed by atoms with Gasteiger partial charge in [0.05, 0.1) is 24.2 Å². The van der Waals surface area contributed by atoms with Crippen molar-refractivity contribution >= 4 is 56.7 Å². The highest BCUT2D eigenvalue weighted by molar-refractivity contribution is 8.01. The molecule has 0 spiro atoms. The van der Waals surface area contributed by atoms with E-state index >= 15 is 0 Å². The number of methoxy groups -OCH3 is 1. The lowest BCUT2D eigenvalue weighted by molar-refractivity contribution is -0.137. The van der Waals surface area contributed by atoms with E-state index in [1.807, 2.05) is 6.08 Å². The molecule has 168 valence electrons. The number of allylic oxidation sites excluding steroid dienone is 1. The van der Waals surface area contributed by atoms with Crippen LogP contribution >= 0.6 is 34.9 Å². The van der Waals surface area contributed by atoms with Gasteiger partial charge in [0.1, 0.15) is 5.78 Å². The number of fused-ring (bicyclic) bond motifs is 1. The molecule has 1 heterocycles. The first-order valence-electron chi connectivity index (χ1n) is 10.7. The van der Waals surface area contributed by atoms with Crippen molar-refractivity contribution in [1.82, 2.24) is 0 Å². The zero-order valence-corrected chi connectivity index (χ0v) is 20.3. The zero-order valence-electron chi connectivity index (χ0n) is 17.8. The Morgan fingerprint density at radius 2 is 2.19 bits per heavy atom. The molecule has 1 fully saturated rings. The van der Waals surface area contributed by atoms with Gasteiger partial charge in [-0.15, -0.1) is 23.1 Å². The molecule has 1 N–H and O–H groups in total. The van der Waals surface area contributed by atoms with Gasteiger partial charge in [-0.3, -0.25) is 9.59 Å². The molecule has 1 unspecified atom stereocenters. The van der Waals surface area contributed by atoms with Crippen LogP contribution in [-0.4, -0.2) is 52.6 Å². The van der Waals surface area contributed by atoms with Gasteiger partial charge in [0.2, 0.25) is 0 Å². The molecule has 0 aliphatic heterocycles. The maximum absolute atomic E-state index is 12.3. The number of Topliss-reactive ketones (excluding diaryl/α,β-unsaturated/α-hetero) is 1. The lowest BCUT2D eigenvalue weighted by Gasteiger charge is -2.15. The van der Waals surface area contributed by atoms with Crippen molar-refractivity contribution in [2.45, 2.75) is 43.5 Å². The van der Waals surface area contributed by atoms with Crippen LogP contribution < -0.4 is 0 Å². The quantitative estimate of drug-likeness (QED) is 0.259. The molecule has 1 aliphatic carbocycles. The van der Waals surface area contributed by atoms with E-state index in [9.17, 15) is 14.7 Å². The number of carbonyl (C=O) groups is 2. The monoisotopic (exact) mass is 478 g/mol. The van der Waals surface area contributed by atoms with Gasteiger partial charge in [0.15, 0.2) is 0 Å². The number of thioether (sulfide) groups is 2. The first kappa shape index (κ1) is 24.4. The third kappa shape index (κ3) is 7.67. The number of ether oxygens (including phenoxy) is 1. The second kappa shape index (κ2) is 12.7. The van der Waals surface area contributed by atoms with Crippen LogP contribution in [0.25, 0.3) is 10.1 Å². The molecule has 0 saturated heterocycles. The Hall–Kier alpha value is -1.28. The third-order valence-electron chi connectivity index (χ3n) is 5.35. The van der Waals surface area contributed by atoms with Crippen molar-refractivity contribution in [2.75, 3.05) is 24.4 Å². The summed E-state index contributed by atoms with van der Waals surface area (Å²) in [5.74, 6) is 2.51. The minimum absolute atomic E-state index is 0.00310. The molecule has 1 aromatic heterocycles. The van der Waals surface area contributed by atoms with E-state index in [1.165, 1.54) is 22.1 Å². The van der Waals surface area contributed by atoms with Gasteiger partial charge in [-0.2, -0.15) is 11.8 Å². The summed E-state index contributed by atoms with van der Waals surface area (Å²) in [7, 11) is 1.40. The first-order valence-corrected chi connectivity index (χ1v) is 13.7. The topological polar surface area (TPSA) is 63.6 Å². The molecule has 0 radical (unpaired) electrons. The van der Waals surface area contributed by atoms with Crippen molar-refractivity contribution in [3.63, 3.8) is 0 Å². The summed E-state index contributed by atoms with van der Waals surface area (Å²) >= 11 is 5.08. The number of ketones is 1. The maximum Gasteiger partial charge on any atom is 0.315 e. The number of hydrogen-bond donors (Lipinski definition) is 1. The predicted octanol–water partition coefficient (Wildman–Crippen LogP) is 5.13. The summed E-state index contributed by atoms with van der Waals surface area (Å²) in [6.07, 6.45) is 7.47. The van der Waals surface area contributed by atoms with E-state index in [2.05, 4.69) is 41.1 Å². The molecule has 0 amide bonds. The van der Waals surface area contributed by atoms with Gasteiger partial charge in [-0.1, -0.05) is 30.4 Å². The summed E-state index contributed by atoms with van der Waals surface area (Å²) in [6, 6.07) is 10.6. The van der Waals surface area contributed by atoms with E-state index in [4.69, 9.17) is 0 Å². The minimum atomic E-state index is -0.485. The minimum Gasteiger partial charge on any atom is -0.468 e. The Kier molecular flexibility index (Phi) is 9.96. The van der Waals surface area contributed by atoms with Crippen molar-refractivity contribution in [1.29, 1.82) is 0 Å². The van der Waals surface area contributed by atoms with E-state index in [0.29, 0.717) is 24.4 Å². The number of hydrogen-bond acceptors (Lipinski definition) is 7. The lowest BCUT2D eigenvalue weighted by atomic mass is 10.0. The number of aliphatic hydroxyl groups is 1. The molecule has 3 atom stereocenters. The Morgan fingerprint density at radius 3 is 3.00 bits per heavy atom. The van der Waals surface area contributed by atoms with Gasteiger partial charge in [-0.05, 0) is 60.6 Å². The maximum atomic E-state index is 12.3. The Labute approximate surface area is 196 Å². The smallest absolute Gasteiger partial charge is 0.315 e. The summed E-state index contributed by atoms with van der Waals surface area (Å²) in [5.41, 5.74) is 0. The fourth-order valence-corrected chi connectivity index (χ4v) is 7.04. The van der Waals surface area contributed by atoms with Crippen LogP contribution in [-0.2, 0) is 20.7 Å². The number of esters is 1. The Balaban J connectivity index is 1.39. The highest BCUT2D eigenvalue weighted by Crippen LogP contribution is 2.34. The van der Waals surface area contributed by atoms with Crippen LogP contribution in [0.5, 0.6) is 0 Å². The second-order valence-electron chi connectivity index (χ2n) is 7.68. The molecule has 1 aromatic carbocycles. The highest BCUT2D eigenvalue weighted by atomic mass is 32.2. The molecule has 1 saturated carbocycles. The summed E-state index contributed by atoms with van der Waals surface area (Å²) in [4.78, 5) is 24.7.